The van der Waals surface area contributed by atoms with Crippen molar-refractivity contribution in [2.45, 2.75) is 0 Å². The summed E-state index contributed by atoms with van der Waals surface area (Å²) in [7, 11) is 0. The summed E-state index contributed by atoms with van der Waals surface area (Å²) in [4.78, 5) is 7.91. The number of hydrazine groups is 1. The average Bonchev–Trinajstić information content (AvgIpc) is 2.21. The van der Waals surface area contributed by atoms with Gasteiger partial charge in [-0.3, -0.25) is 0 Å². The summed E-state index contributed by atoms with van der Waals surface area (Å²) >= 11 is 0. The molecule has 13 heavy (non-hydrogen) atoms. The predicted octanol–water partition coefficient (Wildman–Crippen LogP) is 0.136. The van der Waals surface area contributed by atoms with Crippen LogP contribution >= 0.6 is 0 Å². The summed E-state index contributed by atoms with van der Waals surface area (Å²) < 4.78 is 5.22. The van der Waals surface area contributed by atoms with E-state index in [0.29, 0.717) is 0 Å². The summed E-state index contributed by atoms with van der Waals surface area (Å²) in [5, 5.41) is 2.09. The average molecular weight is 180 g/mol. The molecule has 1 aromatic rings. The van der Waals surface area contributed by atoms with Gasteiger partial charge in [-0.25, -0.2) is 15.0 Å². The first kappa shape index (κ1) is 8.40. The van der Waals surface area contributed by atoms with Gasteiger partial charge in [0.15, 0.2) is 0 Å². The Morgan fingerprint density at radius 2 is 2.23 bits per heavy atom. The Hall–Kier alpha value is -1.20. The first-order chi connectivity index (χ1) is 6.45. The maximum Gasteiger partial charge on any atom is 0.143 e. The molecule has 2 heterocycles. The molecule has 0 atom stereocenters. The van der Waals surface area contributed by atoms with E-state index < -0.39 is 0 Å². The highest BCUT2D eigenvalue weighted by molar-refractivity contribution is 5.29. The first-order valence-corrected chi connectivity index (χ1v) is 4.30. The van der Waals surface area contributed by atoms with Crippen molar-refractivity contribution in [3.63, 3.8) is 0 Å². The summed E-state index contributed by atoms with van der Waals surface area (Å²) in [6, 6.07) is 1.84. The van der Waals surface area contributed by atoms with E-state index >= 15 is 0 Å². The molecule has 1 aliphatic rings. The van der Waals surface area contributed by atoms with Gasteiger partial charge in [-0.2, -0.15) is 0 Å². The summed E-state index contributed by atoms with van der Waals surface area (Å²) in [6.45, 7) is 3.34. The van der Waals surface area contributed by atoms with Crippen molar-refractivity contribution >= 4 is 5.82 Å². The van der Waals surface area contributed by atoms with E-state index in [9.17, 15) is 0 Å². The fourth-order valence-electron chi connectivity index (χ4n) is 1.19. The third kappa shape index (κ3) is 2.37. The molecule has 1 aliphatic heterocycles. The Morgan fingerprint density at radius 3 is 2.92 bits per heavy atom. The number of nitrogens with one attached hydrogen (secondary N) is 1. The first-order valence-electron chi connectivity index (χ1n) is 4.30. The van der Waals surface area contributed by atoms with Crippen LogP contribution in [0.5, 0.6) is 0 Å². The van der Waals surface area contributed by atoms with Crippen molar-refractivity contribution in [2.75, 3.05) is 31.7 Å². The lowest BCUT2D eigenvalue weighted by atomic mass is 10.5. The maximum atomic E-state index is 5.22. The second-order valence-corrected chi connectivity index (χ2v) is 2.81. The van der Waals surface area contributed by atoms with Gasteiger partial charge in [0.1, 0.15) is 12.1 Å². The Morgan fingerprint density at radius 1 is 1.38 bits per heavy atom. The number of hydrogen-bond acceptors (Lipinski definition) is 5. The molecule has 0 aromatic carbocycles. The number of nitrogens with zero attached hydrogens (tertiary/aromatic N) is 3. The van der Waals surface area contributed by atoms with E-state index in [-0.39, 0.29) is 0 Å². The predicted molar refractivity (Wildman–Crippen MR) is 48.0 cm³/mol. The fourth-order valence-corrected chi connectivity index (χ4v) is 1.19. The molecule has 0 saturated carbocycles. The standard InChI is InChI=1S/C8H12N4O/c1-2-9-7-10-8(1)11-12-3-5-13-6-4-12/h1-2,7H,3-6H2,(H,9,10,11). The van der Waals surface area contributed by atoms with Crippen molar-refractivity contribution in [1.82, 2.24) is 15.0 Å². The summed E-state index contributed by atoms with van der Waals surface area (Å²) in [6.07, 6.45) is 3.25. The van der Waals surface area contributed by atoms with Gasteiger partial charge < -0.3 is 10.2 Å². The molecule has 1 fully saturated rings. The highest BCUT2D eigenvalue weighted by atomic mass is 16.5. The number of ether oxygens (including phenoxy) is 1. The van der Waals surface area contributed by atoms with E-state index in [4.69, 9.17) is 4.74 Å². The van der Waals surface area contributed by atoms with E-state index in [0.717, 1.165) is 32.1 Å². The lowest BCUT2D eigenvalue weighted by Crippen LogP contribution is -2.40. The van der Waals surface area contributed by atoms with Gasteiger partial charge in [0.05, 0.1) is 13.2 Å². The third-order valence-electron chi connectivity index (χ3n) is 1.87. The molecule has 5 nitrogen and oxygen atoms in total. The van der Waals surface area contributed by atoms with Gasteiger partial charge in [-0.15, -0.1) is 0 Å². The van der Waals surface area contributed by atoms with Crippen molar-refractivity contribution in [3.05, 3.63) is 18.6 Å². The van der Waals surface area contributed by atoms with Gasteiger partial charge in [-0.1, -0.05) is 0 Å². The van der Waals surface area contributed by atoms with E-state index in [1.54, 1.807) is 6.20 Å². The Balaban J connectivity index is 1.90. The molecule has 70 valence electrons. The third-order valence-corrected chi connectivity index (χ3v) is 1.87. The normalized spacial score (nSPS) is 18.5. The topological polar surface area (TPSA) is 50.3 Å². The molecule has 5 heteroatoms. The molecule has 0 aliphatic carbocycles. The second-order valence-electron chi connectivity index (χ2n) is 2.81. The second kappa shape index (κ2) is 4.15. The quantitative estimate of drug-likeness (QED) is 0.701. The Bertz CT molecular complexity index is 248. The SMILES string of the molecule is c1cc(NN2CCOCC2)ncn1. The highest BCUT2D eigenvalue weighted by Crippen LogP contribution is 2.02. The molecule has 2 rings (SSSR count). The Kier molecular flexibility index (Phi) is 2.68. The minimum Gasteiger partial charge on any atom is -0.379 e. The monoisotopic (exact) mass is 180 g/mol. The van der Waals surface area contributed by atoms with Gasteiger partial charge in [0.2, 0.25) is 0 Å². The lowest BCUT2D eigenvalue weighted by molar-refractivity contribution is 0.0495. The summed E-state index contributed by atoms with van der Waals surface area (Å²) in [5.74, 6) is 0.830. The van der Waals surface area contributed by atoms with Crippen LogP contribution in [-0.2, 0) is 4.74 Å². The van der Waals surface area contributed by atoms with Gasteiger partial charge in [-0.05, 0) is 0 Å². The van der Waals surface area contributed by atoms with Gasteiger partial charge >= 0.3 is 0 Å². The lowest BCUT2D eigenvalue weighted by Gasteiger charge is -2.27. The minimum absolute atomic E-state index is 0.776. The number of rotatable bonds is 2. The molecule has 1 aromatic heterocycles. The van der Waals surface area contributed by atoms with E-state index in [1.165, 1.54) is 6.33 Å². The highest BCUT2D eigenvalue weighted by Gasteiger charge is 2.09. The summed E-state index contributed by atoms with van der Waals surface area (Å²) in [5.41, 5.74) is 3.18. The molecule has 0 bridgehead atoms. The molecule has 0 radical (unpaired) electrons. The molecular formula is C8H12N4O. The maximum absolute atomic E-state index is 5.22. The van der Waals surface area contributed by atoms with Crippen LogP contribution in [0.2, 0.25) is 0 Å². The van der Waals surface area contributed by atoms with Gasteiger partial charge in [0, 0.05) is 25.4 Å². The molecule has 0 spiro atoms. The van der Waals surface area contributed by atoms with Crippen molar-refractivity contribution in [2.24, 2.45) is 0 Å². The molecular weight excluding hydrogens is 168 g/mol. The molecule has 0 amide bonds. The van der Waals surface area contributed by atoms with Crippen molar-refractivity contribution in [1.29, 1.82) is 0 Å². The largest absolute Gasteiger partial charge is 0.379 e. The van der Waals surface area contributed by atoms with Crippen LogP contribution < -0.4 is 5.43 Å². The van der Waals surface area contributed by atoms with Crippen LogP contribution in [-0.4, -0.2) is 41.3 Å². The Labute approximate surface area is 76.7 Å². The molecule has 1 saturated heterocycles. The van der Waals surface area contributed by atoms with Gasteiger partial charge in [0.25, 0.3) is 0 Å². The number of anilines is 1. The zero-order chi connectivity index (χ0) is 8.93. The van der Waals surface area contributed by atoms with E-state index in [2.05, 4.69) is 20.4 Å². The number of aromatic nitrogens is 2. The van der Waals surface area contributed by atoms with Crippen LogP contribution in [0.25, 0.3) is 0 Å². The van der Waals surface area contributed by atoms with Crippen LogP contribution in [0.1, 0.15) is 0 Å². The zero-order valence-corrected chi connectivity index (χ0v) is 7.31. The van der Waals surface area contributed by atoms with Crippen LogP contribution in [0.4, 0.5) is 5.82 Å². The minimum atomic E-state index is 0.776. The van der Waals surface area contributed by atoms with Crippen LogP contribution in [0, 0.1) is 0 Å². The number of morpholine rings is 1. The molecule has 1 N–H and O–H groups in total. The van der Waals surface area contributed by atoms with E-state index in [1.807, 2.05) is 6.07 Å². The van der Waals surface area contributed by atoms with Crippen LogP contribution in [0.15, 0.2) is 18.6 Å². The number of hydrogen-bond donors (Lipinski definition) is 1. The zero-order valence-electron chi connectivity index (χ0n) is 7.31. The van der Waals surface area contributed by atoms with Crippen LogP contribution in [0.3, 0.4) is 0 Å². The van der Waals surface area contributed by atoms with Crippen molar-refractivity contribution in [3.8, 4) is 0 Å². The fraction of sp³-hybridized carbons (Fsp3) is 0.500. The van der Waals surface area contributed by atoms with Crippen molar-refractivity contribution < 1.29 is 4.74 Å². The molecule has 0 unspecified atom stereocenters. The smallest absolute Gasteiger partial charge is 0.143 e.